The Hall–Kier alpha value is -3.80. The van der Waals surface area contributed by atoms with E-state index < -0.39 is 6.09 Å². The average molecular weight is 446 g/mol. The van der Waals surface area contributed by atoms with Gasteiger partial charge in [0.05, 0.1) is 13.2 Å². The van der Waals surface area contributed by atoms with Crippen molar-refractivity contribution in [3.05, 3.63) is 95.6 Å². The lowest BCUT2D eigenvalue weighted by molar-refractivity contribution is -0.129. The third-order valence-corrected chi connectivity index (χ3v) is 5.64. The van der Waals surface area contributed by atoms with Crippen molar-refractivity contribution in [3.63, 3.8) is 0 Å². The van der Waals surface area contributed by atoms with Gasteiger partial charge in [-0.1, -0.05) is 66.7 Å². The molecule has 1 aliphatic heterocycles. The number of hydrogen-bond acceptors (Lipinski definition) is 5. The summed E-state index contributed by atoms with van der Waals surface area (Å²) >= 11 is 0. The molecule has 0 unspecified atom stereocenters. The number of cyclic esters (lactones) is 1. The van der Waals surface area contributed by atoms with Crippen LogP contribution in [0.15, 0.2) is 78.9 Å². The molecule has 0 N–H and O–H groups in total. The van der Waals surface area contributed by atoms with Gasteiger partial charge in [0.2, 0.25) is 5.91 Å². The second-order valence-electron chi connectivity index (χ2n) is 7.94. The first kappa shape index (κ1) is 22.4. The number of benzene rings is 3. The van der Waals surface area contributed by atoms with Gasteiger partial charge in [-0.15, -0.1) is 0 Å². The van der Waals surface area contributed by atoms with Crippen LogP contribution in [0, 0.1) is 0 Å². The molecular weight excluding hydrogens is 418 g/mol. The van der Waals surface area contributed by atoms with Gasteiger partial charge in [-0.05, 0) is 41.7 Å². The predicted octanol–water partition coefficient (Wildman–Crippen LogP) is 4.80. The van der Waals surface area contributed by atoms with E-state index in [2.05, 4.69) is 0 Å². The highest BCUT2D eigenvalue weighted by Gasteiger charge is 2.37. The summed E-state index contributed by atoms with van der Waals surface area (Å²) in [6.07, 6.45) is 0.701. The smallest absolute Gasteiger partial charge is 0.416 e. The number of methoxy groups -OCH3 is 1. The van der Waals surface area contributed by atoms with Crippen LogP contribution in [0.1, 0.15) is 23.1 Å². The van der Waals surface area contributed by atoms with Crippen molar-refractivity contribution in [1.29, 1.82) is 0 Å². The lowest BCUT2D eigenvalue weighted by atomic mass is 10.0. The van der Waals surface area contributed by atoms with Gasteiger partial charge in [0.1, 0.15) is 13.2 Å². The molecule has 1 atom stereocenters. The molecule has 0 radical (unpaired) electrons. The van der Waals surface area contributed by atoms with Crippen LogP contribution in [-0.2, 0) is 29.0 Å². The van der Waals surface area contributed by atoms with Crippen LogP contribution >= 0.6 is 0 Å². The van der Waals surface area contributed by atoms with Crippen LogP contribution in [0.5, 0.6) is 11.5 Å². The fraction of sp³-hybridized carbons (Fsp3) is 0.259. The van der Waals surface area contributed by atoms with Crippen LogP contribution in [-0.4, -0.2) is 36.7 Å². The molecule has 1 saturated heterocycles. The Morgan fingerprint density at radius 1 is 0.939 bits per heavy atom. The monoisotopic (exact) mass is 445 g/mol. The second-order valence-corrected chi connectivity index (χ2v) is 7.94. The highest BCUT2D eigenvalue weighted by molar-refractivity contribution is 5.93. The van der Waals surface area contributed by atoms with Crippen molar-refractivity contribution >= 4 is 12.0 Å². The molecule has 1 heterocycles. The summed E-state index contributed by atoms with van der Waals surface area (Å²) in [7, 11) is 1.59. The maximum atomic E-state index is 12.9. The van der Waals surface area contributed by atoms with Gasteiger partial charge < -0.3 is 14.2 Å². The summed E-state index contributed by atoms with van der Waals surface area (Å²) in [6, 6.07) is 25.1. The van der Waals surface area contributed by atoms with Crippen LogP contribution in [0.4, 0.5) is 4.79 Å². The van der Waals surface area contributed by atoms with E-state index in [1.54, 1.807) is 7.11 Å². The Bertz CT molecular complexity index is 1080. The standard InChI is InChI=1S/C27H27NO5/c1-31-25-17-21(12-14-24(25)32-18-22-10-6-3-7-11-22)13-15-26(29)28-23(19-33-27(28)30)16-20-8-4-2-5-9-20/h2-12,14,17,23H,13,15-16,18-19H2,1H3/t23-/m0/s1. The number of rotatable bonds is 9. The number of imide groups is 1. The van der Waals surface area contributed by atoms with Crippen molar-refractivity contribution in [2.45, 2.75) is 31.9 Å². The zero-order valence-corrected chi connectivity index (χ0v) is 18.6. The lowest BCUT2D eigenvalue weighted by Crippen LogP contribution is -2.40. The molecule has 6 nitrogen and oxygen atoms in total. The summed E-state index contributed by atoms with van der Waals surface area (Å²) in [6.45, 7) is 0.662. The molecule has 0 saturated carbocycles. The van der Waals surface area contributed by atoms with Gasteiger partial charge in [0.25, 0.3) is 0 Å². The molecular formula is C27H27NO5. The number of carbonyl (C=O) groups excluding carboxylic acids is 2. The quantitative estimate of drug-likeness (QED) is 0.474. The molecule has 3 aromatic carbocycles. The third-order valence-electron chi connectivity index (χ3n) is 5.64. The fourth-order valence-corrected chi connectivity index (χ4v) is 3.90. The maximum Gasteiger partial charge on any atom is 0.416 e. The molecule has 3 aromatic rings. The Balaban J connectivity index is 1.36. The van der Waals surface area contributed by atoms with E-state index in [-0.39, 0.29) is 25.0 Å². The van der Waals surface area contributed by atoms with E-state index in [1.807, 2.05) is 78.9 Å². The third kappa shape index (κ3) is 5.71. The van der Waals surface area contributed by atoms with E-state index in [0.717, 1.165) is 16.7 Å². The minimum absolute atomic E-state index is 0.202. The van der Waals surface area contributed by atoms with Gasteiger partial charge in [-0.2, -0.15) is 0 Å². The zero-order valence-electron chi connectivity index (χ0n) is 18.6. The Morgan fingerprint density at radius 3 is 2.33 bits per heavy atom. The molecule has 0 aliphatic carbocycles. The van der Waals surface area contributed by atoms with Crippen molar-refractivity contribution in [2.24, 2.45) is 0 Å². The van der Waals surface area contributed by atoms with E-state index >= 15 is 0 Å². The molecule has 0 aromatic heterocycles. The zero-order chi connectivity index (χ0) is 23.0. The Morgan fingerprint density at radius 2 is 1.64 bits per heavy atom. The predicted molar refractivity (Wildman–Crippen MR) is 124 cm³/mol. The molecule has 1 fully saturated rings. The number of amides is 2. The number of ether oxygens (including phenoxy) is 3. The highest BCUT2D eigenvalue weighted by atomic mass is 16.6. The molecule has 4 rings (SSSR count). The van der Waals surface area contributed by atoms with Gasteiger partial charge in [-0.3, -0.25) is 4.79 Å². The summed E-state index contributed by atoms with van der Waals surface area (Å²) in [4.78, 5) is 26.4. The molecule has 1 aliphatic rings. The van der Waals surface area contributed by atoms with E-state index in [9.17, 15) is 9.59 Å². The van der Waals surface area contributed by atoms with Crippen molar-refractivity contribution < 1.29 is 23.8 Å². The number of aryl methyl sites for hydroxylation is 1. The first-order valence-electron chi connectivity index (χ1n) is 11.0. The topological polar surface area (TPSA) is 65.1 Å². The summed E-state index contributed by atoms with van der Waals surface area (Å²) in [5, 5.41) is 0. The van der Waals surface area contributed by atoms with E-state index in [1.165, 1.54) is 4.90 Å². The summed E-state index contributed by atoms with van der Waals surface area (Å²) in [5.74, 6) is 1.02. The Kier molecular flexibility index (Phi) is 7.25. The minimum atomic E-state index is -0.567. The first-order chi connectivity index (χ1) is 16.1. The summed E-state index contributed by atoms with van der Waals surface area (Å²) in [5.41, 5.74) is 3.06. The van der Waals surface area contributed by atoms with Crippen LogP contribution < -0.4 is 9.47 Å². The van der Waals surface area contributed by atoms with E-state index in [4.69, 9.17) is 14.2 Å². The van der Waals surface area contributed by atoms with Crippen molar-refractivity contribution in [1.82, 2.24) is 4.90 Å². The molecule has 6 heteroatoms. The maximum absolute atomic E-state index is 12.9. The van der Waals surface area contributed by atoms with E-state index in [0.29, 0.717) is 30.9 Å². The molecule has 33 heavy (non-hydrogen) atoms. The molecule has 0 spiro atoms. The van der Waals surface area contributed by atoms with Gasteiger partial charge >= 0.3 is 6.09 Å². The molecule has 170 valence electrons. The SMILES string of the molecule is COc1cc(CCC(=O)N2C(=O)OC[C@@H]2Cc2ccccc2)ccc1OCc1ccccc1. The number of hydrogen-bond donors (Lipinski definition) is 0. The average Bonchev–Trinajstić information content (AvgIpc) is 3.22. The van der Waals surface area contributed by atoms with Gasteiger partial charge in [-0.25, -0.2) is 9.69 Å². The number of carbonyl (C=O) groups is 2. The fourth-order valence-electron chi connectivity index (χ4n) is 3.90. The van der Waals surface area contributed by atoms with Crippen LogP contribution in [0.25, 0.3) is 0 Å². The minimum Gasteiger partial charge on any atom is -0.493 e. The normalized spacial score (nSPS) is 15.2. The van der Waals surface area contributed by atoms with Gasteiger partial charge in [0, 0.05) is 6.42 Å². The van der Waals surface area contributed by atoms with Gasteiger partial charge in [0.15, 0.2) is 11.5 Å². The van der Waals surface area contributed by atoms with Crippen LogP contribution in [0.3, 0.4) is 0 Å². The lowest BCUT2D eigenvalue weighted by Gasteiger charge is -2.20. The van der Waals surface area contributed by atoms with Crippen molar-refractivity contribution in [3.8, 4) is 11.5 Å². The largest absolute Gasteiger partial charge is 0.493 e. The number of nitrogens with zero attached hydrogens (tertiary/aromatic N) is 1. The highest BCUT2D eigenvalue weighted by Crippen LogP contribution is 2.29. The summed E-state index contributed by atoms with van der Waals surface area (Å²) < 4.78 is 16.6. The Labute approximate surface area is 193 Å². The van der Waals surface area contributed by atoms with Crippen molar-refractivity contribution in [2.75, 3.05) is 13.7 Å². The first-order valence-corrected chi connectivity index (χ1v) is 11.0. The molecule has 0 bridgehead atoms. The molecule has 2 amide bonds. The van der Waals surface area contributed by atoms with Crippen LogP contribution in [0.2, 0.25) is 0 Å². The second kappa shape index (κ2) is 10.7.